The van der Waals surface area contributed by atoms with E-state index in [0.29, 0.717) is 10.9 Å². The Morgan fingerprint density at radius 1 is 0.972 bits per heavy atom. The molecule has 0 radical (unpaired) electrons. The van der Waals surface area contributed by atoms with E-state index in [-0.39, 0.29) is 52.1 Å². The third kappa shape index (κ3) is 4.58. The maximum Gasteiger partial charge on any atom is 0.387 e. The molecule has 7 nitrogen and oxygen atoms in total. The normalized spacial score (nSPS) is 13.1. The number of carbonyl (C=O) groups excluding carboxylic acids is 3. The number of halogens is 3. The minimum absolute atomic E-state index is 0.0125. The minimum atomic E-state index is -3.24. The van der Waals surface area contributed by atoms with E-state index in [1.165, 1.54) is 24.3 Å². The number of hydrogen-bond acceptors (Lipinski definition) is 6. The van der Waals surface area contributed by atoms with E-state index in [0.717, 1.165) is 4.90 Å². The number of carbonyl (C=O) groups is 3. The van der Waals surface area contributed by atoms with Crippen LogP contribution in [0.3, 0.4) is 0 Å². The Hall–Kier alpha value is -3.72. The SMILES string of the molecule is CCOC(=O)Cc1ccc(N2C(=O)c3c(c(OC(F)F)c4ccccc4c3OC(C)C)C2=O)c(Cl)c1. The Labute approximate surface area is 210 Å². The van der Waals surface area contributed by atoms with E-state index in [2.05, 4.69) is 0 Å². The van der Waals surface area contributed by atoms with Gasteiger partial charge < -0.3 is 14.2 Å². The van der Waals surface area contributed by atoms with Gasteiger partial charge in [-0.15, -0.1) is 0 Å². The first kappa shape index (κ1) is 25.4. The number of imide groups is 1. The Morgan fingerprint density at radius 2 is 1.56 bits per heavy atom. The molecule has 10 heteroatoms. The average Bonchev–Trinajstić information content (AvgIpc) is 3.06. The summed E-state index contributed by atoms with van der Waals surface area (Å²) in [6.07, 6.45) is -0.442. The van der Waals surface area contributed by atoms with Crippen molar-refractivity contribution in [3.8, 4) is 11.5 Å². The van der Waals surface area contributed by atoms with Crippen LogP contribution < -0.4 is 14.4 Å². The quantitative estimate of drug-likeness (QED) is 0.278. The maximum absolute atomic E-state index is 13.6. The van der Waals surface area contributed by atoms with Gasteiger partial charge >= 0.3 is 12.6 Å². The number of rotatable bonds is 8. The van der Waals surface area contributed by atoms with Crippen molar-refractivity contribution in [1.82, 2.24) is 0 Å². The predicted molar refractivity (Wildman–Crippen MR) is 129 cm³/mol. The van der Waals surface area contributed by atoms with Crippen molar-refractivity contribution in [3.63, 3.8) is 0 Å². The molecule has 0 N–H and O–H groups in total. The van der Waals surface area contributed by atoms with Gasteiger partial charge in [-0.05, 0) is 38.5 Å². The van der Waals surface area contributed by atoms with E-state index >= 15 is 0 Å². The first-order chi connectivity index (χ1) is 17.1. The van der Waals surface area contributed by atoms with Gasteiger partial charge in [0.2, 0.25) is 0 Å². The van der Waals surface area contributed by atoms with Crippen LogP contribution in [-0.4, -0.2) is 37.1 Å². The van der Waals surface area contributed by atoms with Gasteiger partial charge in [0.05, 0.1) is 41.0 Å². The monoisotopic (exact) mass is 517 g/mol. The van der Waals surface area contributed by atoms with E-state index in [4.69, 9.17) is 25.8 Å². The van der Waals surface area contributed by atoms with Crippen molar-refractivity contribution in [2.45, 2.75) is 39.9 Å². The zero-order valence-electron chi connectivity index (χ0n) is 19.6. The summed E-state index contributed by atoms with van der Waals surface area (Å²) < 4.78 is 42.5. The van der Waals surface area contributed by atoms with Gasteiger partial charge in [-0.2, -0.15) is 8.78 Å². The smallest absolute Gasteiger partial charge is 0.387 e. The van der Waals surface area contributed by atoms with Crippen LogP contribution in [0.25, 0.3) is 10.8 Å². The molecule has 188 valence electrons. The van der Waals surface area contributed by atoms with Gasteiger partial charge in [-0.3, -0.25) is 14.4 Å². The highest BCUT2D eigenvalue weighted by molar-refractivity contribution is 6.41. The summed E-state index contributed by atoms with van der Waals surface area (Å²) in [7, 11) is 0. The molecule has 0 aromatic heterocycles. The van der Waals surface area contributed by atoms with Crippen molar-refractivity contribution in [2.75, 3.05) is 11.5 Å². The molecular formula is C26H22ClF2NO6. The molecule has 0 saturated heterocycles. The van der Waals surface area contributed by atoms with Gasteiger partial charge in [-0.1, -0.05) is 41.9 Å². The first-order valence-corrected chi connectivity index (χ1v) is 11.5. The van der Waals surface area contributed by atoms with E-state index < -0.39 is 30.1 Å². The van der Waals surface area contributed by atoms with Gasteiger partial charge in [0.1, 0.15) is 11.5 Å². The van der Waals surface area contributed by atoms with E-state index in [1.807, 2.05) is 0 Å². The molecule has 0 saturated carbocycles. The fraction of sp³-hybridized carbons (Fsp3) is 0.269. The molecule has 0 atom stereocenters. The molecule has 36 heavy (non-hydrogen) atoms. The van der Waals surface area contributed by atoms with Gasteiger partial charge in [0.15, 0.2) is 0 Å². The summed E-state index contributed by atoms with van der Waals surface area (Å²) in [6.45, 7) is 2.14. The lowest BCUT2D eigenvalue weighted by molar-refractivity contribution is -0.142. The molecule has 0 aliphatic carbocycles. The highest BCUT2D eigenvalue weighted by Gasteiger charge is 2.44. The van der Waals surface area contributed by atoms with Crippen LogP contribution in [0, 0.1) is 0 Å². The Balaban J connectivity index is 1.88. The lowest BCUT2D eigenvalue weighted by atomic mass is 9.99. The van der Waals surface area contributed by atoms with Crippen molar-refractivity contribution < 1.29 is 37.4 Å². The Morgan fingerprint density at radius 3 is 2.06 bits per heavy atom. The summed E-state index contributed by atoms with van der Waals surface area (Å²) in [5.41, 5.74) is 0.0177. The number of fused-ring (bicyclic) bond motifs is 2. The predicted octanol–water partition coefficient (Wildman–Crippen LogP) is 5.79. The molecule has 1 aliphatic heterocycles. The summed E-state index contributed by atoms with van der Waals surface area (Å²) in [6, 6.07) is 10.8. The zero-order valence-corrected chi connectivity index (χ0v) is 20.4. The van der Waals surface area contributed by atoms with Gasteiger partial charge in [0, 0.05) is 10.8 Å². The number of amides is 2. The molecular weight excluding hydrogens is 496 g/mol. The average molecular weight is 518 g/mol. The Kier molecular flexibility index (Phi) is 7.12. The molecule has 2 amide bonds. The molecule has 0 spiro atoms. The summed E-state index contributed by atoms with van der Waals surface area (Å²) in [5, 5.41) is 0.559. The maximum atomic E-state index is 13.6. The standard InChI is InChI=1S/C26H22ClF2NO6/c1-4-34-19(31)12-14-9-10-18(17(27)11-14)30-24(32)20-21(25(30)33)23(36-26(28)29)16-8-6-5-7-15(16)22(20)35-13(2)3/h5-11,13,26H,4,12H2,1-3H3. The number of hydrogen-bond donors (Lipinski definition) is 0. The number of benzene rings is 3. The molecule has 3 aromatic rings. The summed E-state index contributed by atoms with van der Waals surface area (Å²) >= 11 is 6.42. The zero-order chi connectivity index (χ0) is 26.1. The van der Waals surface area contributed by atoms with Crippen molar-refractivity contribution >= 4 is 45.8 Å². The fourth-order valence-corrected chi connectivity index (χ4v) is 4.40. The highest BCUT2D eigenvalue weighted by atomic mass is 35.5. The van der Waals surface area contributed by atoms with Gasteiger partial charge in [-0.25, -0.2) is 4.90 Å². The van der Waals surface area contributed by atoms with Crippen LogP contribution in [0.4, 0.5) is 14.5 Å². The second-order valence-electron chi connectivity index (χ2n) is 8.21. The molecule has 0 fully saturated rings. The third-order valence-electron chi connectivity index (χ3n) is 5.42. The topological polar surface area (TPSA) is 82.1 Å². The van der Waals surface area contributed by atoms with Crippen molar-refractivity contribution in [2.24, 2.45) is 0 Å². The largest absolute Gasteiger partial charge is 0.489 e. The molecule has 1 heterocycles. The van der Waals surface area contributed by atoms with Crippen LogP contribution in [0.15, 0.2) is 42.5 Å². The molecule has 0 unspecified atom stereocenters. The van der Waals surface area contributed by atoms with Crippen molar-refractivity contribution in [1.29, 1.82) is 0 Å². The number of nitrogens with zero attached hydrogens (tertiary/aromatic N) is 1. The number of alkyl halides is 2. The number of anilines is 1. The van der Waals surface area contributed by atoms with Gasteiger partial charge in [0.25, 0.3) is 11.8 Å². The van der Waals surface area contributed by atoms with Crippen LogP contribution in [0.1, 0.15) is 47.1 Å². The Bertz CT molecular complexity index is 1310. The highest BCUT2D eigenvalue weighted by Crippen LogP contribution is 2.47. The summed E-state index contributed by atoms with van der Waals surface area (Å²) in [4.78, 5) is 39.8. The third-order valence-corrected chi connectivity index (χ3v) is 5.72. The molecule has 1 aliphatic rings. The van der Waals surface area contributed by atoms with Crippen LogP contribution in [0.2, 0.25) is 5.02 Å². The van der Waals surface area contributed by atoms with Crippen LogP contribution in [0.5, 0.6) is 11.5 Å². The first-order valence-electron chi connectivity index (χ1n) is 11.2. The van der Waals surface area contributed by atoms with Crippen LogP contribution >= 0.6 is 11.6 Å². The molecule has 4 rings (SSSR count). The number of ether oxygens (including phenoxy) is 3. The summed E-state index contributed by atoms with van der Waals surface area (Å²) in [5.74, 6) is -2.46. The van der Waals surface area contributed by atoms with Crippen molar-refractivity contribution in [3.05, 3.63) is 64.2 Å². The molecule has 3 aromatic carbocycles. The number of esters is 1. The fourth-order valence-electron chi connectivity index (χ4n) is 4.11. The minimum Gasteiger partial charge on any atom is -0.489 e. The van der Waals surface area contributed by atoms with Crippen LogP contribution in [-0.2, 0) is 16.0 Å². The second-order valence-corrected chi connectivity index (χ2v) is 8.62. The van der Waals surface area contributed by atoms with E-state index in [9.17, 15) is 23.2 Å². The second kappa shape index (κ2) is 10.1. The van der Waals surface area contributed by atoms with E-state index in [1.54, 1.807) is 39.0 Å². The lowest BCUT2D eigenvalue weighted by Crippen LogP contribution is -2.30. The molecule has 0 bridgehead atoms. The lowest BCUT2D eigenvalue weighted by Gasteiger charge is -2.18.